The van der Waals surface area contributed by atoms with E-state index >= 15 is 0 Å². The molecule has 0 bridgehead atoms. The highest BCUT2D eigenvalue weighted by atomic mass is 16.5. The molecule has 0 atom stereocenters. The molecule has 0 amide bonds. The zero-order valence-corrected chi connectivity index (χ0v) is 31.0. The lowest BCUT2D eigenvalue weighted by atomic mass is 10.1. The van der Waals surface area contributed by atoms with Crippen molar-refractivity contribution in [3.8, 4) is 34.5 Å². The van der Waals surface area contributed by atoms with Crippen molar-refractivity contribution < 1.29 is 37.5 Å². The van der Waals surface area contributed by atoms with E-state index in [4.69, 9.17) is 37.5 Å². The van der Waals surface area contributed by atoms with Crippen LogP contribution in [0.2, 0.25) is 0 Å². The Kier molecular flexibility index (Phi) is 13.9. The number of hydrogen-bond acceptors (Lipinski definition) is 10. The van der Waals surface area contributed by atoms with Gasteiger partial charge in [-0.1, -0.05) is 71.0 Å². The lowest BCUT2D eigenvalue weighted by Gasteiger charge is -2.07. The Morgan fingerprint density at radius 2 is 0.704 bits per heavy atom. The van der Waals surface area contributed by atoms with Gasteiger partial charge in [-0.25, -0.2) is 0 Å². The molecule has 4 aromatic carbocycles. The SMILES string of the molecule is COc1ccc(/C=C/c2cc(/C=C/c3ccc(OC)c(OC)c3)no2)cc1.COc1ccc(/C=C/c2cc(/C=C/c3ccc(OC)c(OC)c3)on2)cc1. The summed E-state index contributed by atoms with van der Waals surface area (Å²) in [5, 5.41) is 8.11. The molecule has 0 radical (unpaired) electrons. The standard InChI is InChI=1S/2C22H21NO4/c1-24-19-10-5-16(6-11-19)7-12-20-15-18(23-27-20)9-4-17-8-13-21(25-2)22(14-17)26-3;1-24-19-10-5-16(6-11-19)4-9-18-15-20(27-23-18)12-7-17-8-13-21(25-2)22(14-17)26-3/h2*4-15H,1-3H3/b2*9-4+,12-7+. The van der Waals surface area contributed by atoms with Crippen molar-refractivity contribution >= 4 is 48.6 Å². The minimum absolute atomic E-state index is 0.666. The van der Waals surface area contributed by atoms with Crippen LogP contribution < -0.4 is 28.4 Å². The van der Waals surface area contributed by atoms with Crippen LogP contribution in [0.25, 0.3) is 48.6 Å². The Morgan fingerprint density at radius 3 is 1.09 bits per heavy atom. The monoisotopic (exact) mass is 726 g/mol. The van der Waals surface area contributed by atoms with Crippen molar-refractivity contribution in [1.29, 1.82) is 0 Å². The summed E-state index contributed by atoms with van der Waals surface area (Å²) >= 11 is 0. The molecule has 2 aromatic heterocycles. The highest BCUT2D eigenvalue weighted by Gasteiger charge is 2.05. The molecule has 0 spiro atoms. The Hall–Kier alpha value is -6.94. The van der Waals surface area contributed by atoms with Crippen LogP contribution in [0.3, 0.4) is 0 Å². The van der Waals surface area contributed by atoms with Crippen LogP contribution in [0.4, 0.5) is 0 Å². The van der Waals surface area contributed by atoms with E-state index in [-0.39, 0.29) is 0 Å². The molecule has 0 aliphatic carbocycles. The molecule has 2 heterocycles. The first-order chi connectivity index (χ1) is 26.4. The number of aromatic nitrogens is 2. The van der Waals surface area contributed by atoms with E-state index in [0.29, 0.717) is 34.5 Å². The normalized spacial score (nSPS) is 11.2. The quantitative estimate of drug-likeness (QED) is 0.108. The van der Waals surface area contributed by atoms with Crippen LogP contribution >= 0.6 is 0 Å². The second-order valence-corrected chi connectivity index (χ2v) is 11.4. The molecule has 0 aliphatic rings. The van der Waals surface area contributed by atoms with Crippen LogP contribution in [0.15, 0.2) is 106 Å². The first-order valence-corrected chi connectivity index (χ1v) is 16.8. The number of hydrogen-bond donors (Lipinski definition) is 0. The lowest BCUT2D eigenvalue weighted by Crippen LogP contribution is -1.90. The summed E-state index contributed by atoms with van der Waals surface area (Å²) in [5.41, 5.74) is 5.54. The summed E-state index contributed by atoms with van der Waals surface area (Å²) in [7, 11) is 9.76. The molecular formula is C44H42N2O8. The van der Waals surface area contributed by atoms with Gasteiger partial charge in [0, 0.05) is 12.1 Å². The minimum atomic E-state index is 0.666. The van der Waals surface area contributed by atoms with E-state index < -0.39 is 0 Å². The smallest absolute Gasteiger partial charge is 0.161 e. The van der Waals surface area contributed by atoms with Crippen molar-refractivity contribution in [1.82, 2.24) is 10.3 Å². The van der Waals surface area contributed by atoms with Gasteiger partial charge >= 0.3 is 0 Å². The maximum atomic E-state index is 5.35. The molecule has 0 N–H and O–H groups in total. The van der Waals surface area contributed by atoms with E-state index in [2.05, 4.69) is 10.3 Å². The number of benzene rings is 4. The van der Waals surface area contributed by atoms with Crippen LogP contribution in [0.1, 0.15) is 45.2 Å². The number of ether oxygens (including phenoxy) is 6. The van der Waals surface area contributed by atoms with E-state index in [1.165, 1.54) is 0 Å². The summed E-state index contributed by atoms with van der Waals surface area (Å²) < 4.78 is 42.1. The molecule has 0 saturated carbocycles. The van der Waals surface area contributed by atoms with Gasteiger partial charge in [-0.3, -0.25) is 0 Å². The Morgan fingerprint density at radius 1 is 0.352 bits per heavy atom. The van der Waals surface area contributed by atoms with E-state index in [0.717, 1.165) is 45.1 Å². The molecule has 10 nitrogen and oxygen atoms in total. The average molecular weight is 727 g/mol. The maximum absolute atomic E-state index is 5.35. The van der Waals surface area contributed by atoms with Gasteiger partial charge < -0.3 is 37.5 Å². The van der Waals surface area contributed by atoms with E-state index in [9.17, 15) is 0 Å². The average Bonchev–Trinajstić information content (AvgIpc) is 3.90. The molecule has 6 rings (SSSR count). The molecule has 54 heavy (non-hydrogen) atoms. The number of methoxy groups -OCH3 is 6. The fourth-order valence-corrected chi connectivity index (χ4v) is 4.98. The number of nitrogens with zero attached hydrogens (tertiary/aromatic N) is 2. The Bertz CT molecular complexity index is 2040. The van der Waals surface area contributed by atoms with Gasteiger partial charge in [-0.05, 0) is 95.1 Å². The largest absolute Gasteiger partial charge is 0.497 e. The van der Waals surface area contributed by atoms with Gasteiger partial charge in [0.25, 0.3) is 0 Å². The summed E-state index contributed by atoms with van der Waals surface area (Å²) in [6.07, 6.45) is 15.3. The molecule has 6 aromatic rings. The van der Waals surface area contributed by atoms with Gasteiger partial charge in [0.2, 0.25) is 0 Å². The number of rotatable bonds is 14. The highest BCUT2D eigenvalue weighted by molar-refractivity contribution is 5.73. The fraction of sp³-hybridized carbons (Fsp3) is 0.136. The Balaban J connectivity index is 0.000000208. The van der Waals surface area contributed by atoms with Crippen LogP contribution in [-0.4, -0.2) is 53.0 Å². The van der Waals surface area contributed by atoms with Gasteiger partial charge in [-0.15, -0.1) is 0 Å². The van der Waals surface area contributed by atoms with Crippen molar-refractivity contribution in [3.63, 3.8) is 0 Å². The molecular weight excluding hydrogens is 684 g/mol. The molecule has 0 saturated heterocycles. The first-order valence-electron chi connectivity index (χ1n) is 16.8. The summed E-state index contributed by atoms with van der Waals surface area (Å²) in [4.78, 5) is 0. The predicted octanol–water partition coefficient (Wildman–Crippen LogP) is 10.1. The molecule has 0 unspecified atom stereocenters. The van der Waals surface area contributed by atoms with Crippen LogP contribution in [0.5, 0.6) is 34.5 Å². The molecule has 0 fully saturated rings. The van der Waals surface area contributed by atoms with Crippen molar-refractivity contribution in [3.05, 3.63) is 142 Å². The van der Waals surface area contributed by atoms with Gasteiger partial charge in [0.15, 0.2) is 34.5 Å². The second-order valence-electron chi connectivity index (χ2n) is 11.4. The minimum Gasteiger partial charge on any atom is -0.497 e. The topological polar surface area (TPSA) is 107 Å². The fourth-order valence-electron chi connectivity index (χ4n) is 4.98. The summed E-state index contributed by atoms with van der Waals surface area (Å²) in [6.45, 7) is 0. The van der Waals surface area contributed by atoms with Crippen LogP contribution in [0, 0.1) is 0 Å². The zero-order valence-electron chi connectivity index (χ0n) is 31.0. The summed E-state index contributed by atoms with van der Waals surface area (Å²) in [5.74, 6) is 5.76. The van der Waals surface area contributed by atoms with Gasteiger partial charge in [-0.2, -0.15) is 0 Å². The third-order valence-corrected chi connectivity index (χ3v) is 7.91. The molecule has 10 heteroatoms. The summed E-state index contributed by atoms with van der Waals surface area (Å²) in [6, 6.07) is 30.7. The molecule has 0 aliphatic heterocycles. The third-order valence-electron chi connectivity index (χ3n) is 7.91. The lowest BCUT2D eigenvalue weighted by molar-refractivity contribution is 0.355. The van der Waals surface area contributed by atoms with Crippen molar-refractivity contribution in [2.24, 2.45) is 0 Å². The van der Waals surface area contributed by atoms with E-state index in [1.54, 1.807) is 42.7 Å². The highest BCUT2D eigenvalue weighted by Crippen LogP contribution is 2.29. The maximum Gasteiger partial charge on any atom is 0.161 e. The Labute approximate surface area is 315 Å². The third kappa shape index (κ3) is 11.0. The zero-order chi connectivity index (χ0) is 38.1. The van der Waals surface area contributed by atoms with Crippen molar-refractivity contribution in [2.45, 2.75) is 0 Å². The predicted molar refractivity (Wildman–Crippen MR) is 214 cm³/mol. The van der Waals surface area contributed by atoms with E-state index in [1.807, 2.05) is 146 Å². The van der Waals surface area contributed by atoms with Crippen LogP contribution in [-0.2, 0) is 0 Å². The molecule has 276 valence electrons. The van der Waals surface area contributed by atoms with Gasteiger partial charge in [0.1, 0.15) is 22.9 Å². The second kappa shape index (κ2) is 19.6. The first kappa shape index (κ1) is 38.3. The van der Waals surface area contributed by atoms with Gasteiger partial charge in [0.05, 0.1) is 42.7 Å². The van der Waals surface area contributed by atoms with Crippen molar-refractivity contribution in [2.75, 3.05) is 42.7 Å².